The molecular weight excluding hydrogens is 1500 g/mol. The van der Waals surface area contributed by atoms with E-state index >= 15 is 0 Å². The van der Waals surface area contributed by atoms with E-state index in [-0.39, 0.29) is 107 Å². The molecule has 14 aromatic rings. The molecule has 0 atom stereocenters. The Kier molecular flexibility index (Phi) is 27.1. The number of ketones is 1. The average molecular weight is 1540 g/mol. The average Bonchev–Trinajstić information content (AvgIpc) is 2.06. The topological polar surface area (TPSA) is 248 Å². The van der Waals surface area contributed by atoms with Crippen molar-refractivity contribution in [3.05, 3.63) is 242 Å². The molecule has 0 fully saturated rings. The van der Waals surface area contributed by atoms with Gasteiger partial charge in [0.15, 0.2) is 40.7 Å². The fourth-order valence-electron chi connectivity index (χ4n) is 7.29. The number of halogens is 5. The number of rotatable bonds is 6. The number of nitrogens with zero attached hydrogens (tertiary/aromatic N) is 16. The van der Waals surface area contributed by atoms with Gasteiger partial charge in [-0.05, 0) is 124 Å². The molecule has 10 heterocycles. The van der Waals surface area contributed by atoms with Crippen LogP contribution >= 0.6 is 0 Å². The molecule has 0 aliphatic rings. The van der Waals surface area contributed by atoms with Crippen molar-refractivity contribution in [2.45, 2.75) is 13.8 Å². The molecule has 0 unspecified atom stereocenters. The number of hydrogen-bond donors (Lipinski definition) is 1. The molecule has 0 aliphatic heterocycles. The zero-order valence-corrected chi connectivity index (χ0v) is 51.8. The number of hydrogen-bond acceptors (Lipinski definition) is 14. The Hall–Kier alpha value is -9.13. The Bertz CT molecular complexity index is 4050. The number of imidazole rings is 4. The van der Waals surface area contributed by atoms with Crippen LogP contribution in [0.25, 0.3) is 102 Å². The van der Waals surface area contributed by atoms with E-state index in [1.807, 2.05) is 121 Å². The quantitative estimate of drug-likeness (QED) is 0.0309. The fourth-order valence-corrected chi connectivity index (χ4v) is 7.29. The third kappa shape index (κ3) is 18.7. The molecule has 27 heteroatoms. The number of aliphatic hydroxyl groups is 1. The van der Waals surface area contributed by atoms with Crippen molar-refractivity contribution < 1.29 is 110 Å². The number of carbonyl (C=O) groups is 1. The smallest absolute Gasteiger partial charge is 0.512 e. The first-order valence-electron chi connectivity index (χ1n) is 24.9. The van der Waals surface area contributed by atoms with E-state index in [0.717, 1.165) is 50.7 Å². The molecular formula is C61H40F5N16O2Rh4-3. The normalized spacial score (nSPS) is 10.2. The van der Waals surface area contributed by atoms with Gasteiger partial charge in [-0.3, -0.25) is 24.1 Å². The Morgan fingerprint density at radius 1 is 0.443 bits per heavy atom. The van der Waals surface area contributed by atoms with E-state index in [2.05, 4.69) is 85.8 Å². The van der Waals surface area contributed by atoms with Crippen LogP contribution in [0.1, 0.15) is 13.8 Å². The van der Waals surface area contributed by atoms with Gasteiger partial charge in [-0.2, -0.15) is 6.07 Å². The molecule has 4 aromatic carbocycles. The van der Waals surface area contributed by atoms with E-state index in [9.17, 15) is 26.7 Å². The molecule has 0 amide bonds. The zero-order valence-electron chi connectivity index (χ0n) is 45.3. The number of para-hydroxylation sites is 6. The summed E-state index contributed by atoms with van der Waals surface area (Å²) in [5, 5.41) is 8.36. The summed E-state index contributed by atoms with van der Waals surface area (Å²) in [7, 11) is 0. The van der Waals surface area contributed by atoms with Crippen LogP contribution in [0.15, 0.2) is 207 Å². The first kappa shape index (κ1) is 69.6. The van der Waals surface area contributed by atoms with Gasteiger partial charge in [0.05, 0.1) is 17.1 Å². The SMILES string of the molecule is CC(=O)C=C(C)O.Fc1c(F)c(F)c2[n-]c(-c3ncccn3)nc2c1F.Fc1c[c-]c(-c2ccccn2)nc1.[Rh+2].[Rh].[Rh].[Rh].c1ccc(-c2nc3ccccc3[n-]2)nc1.c1ccc(-c2nc3ccccc3[n-]2)nc1.c1cnc(-c2nc3ccccc3[n-]2)nc1. The third-order valence-electron chi connectivity index (χ3n) is 11.0. The predicted molar refractivity (Wildman–Crippen MR) is 302 cm³/mol. The summed E-state index contributed by atoms with van der Waals surface area (Å²) in [5.74, 6) is -5.17. The summed E-state index contributed by atoms with van der Waals surface area (Å²) in [6.45, 7) is 2.85. The van der Waals surface area contributed by atoms with Gasteiger partial charge in [-0.25, -0.2) is 37.5 Å². The minimum absolute atomic E-state index is 0. The fraction of sp³-hybridized carbons (Fsp3) is 0.0328. The number of benzene rings is 4. The minimum atomic E-state index is -1.93. The largest absolute Gasteiger partial charge is 2.00 e. The van der Waals surface area contributed by atoms with Crippen molar-refractivity contribution in [3.8, 4) is 57.7 Å². The molecule has 10 aromatic heterocycles. The molecule has 0 saturated carbocycles. The number of allylic oxidation sites excluding steroid dienone is 2. The van der Waals surface area contributed by atoms with Crippen LogP contribution in [0.4, 0.5) is 22.0 Å². The number of carbonyl (C=O) groups excluding carboxylic acids is 1. The van der Waals surface area contributed by atoms with Crippen LogP contribution in [-0.2, 0) is 82.7 Å². The predicted octanol–water partition coefficient (Wildman–Crippen LogP) is 11.5. The van der Waals surface area contributed by atoms with Gasteiger partial charge in [-0.15, -0.1) is 6.07 Å². The monoisotopic (exact) mass is 1530 g/mol. The molecule has 0 aliphatic carbocycles. The summed E-state index contributed by atoms with van der Waals surface area (Å²) >= 11 is 0. The van der Waals surface area contributed by atoms with Crippen molar-refractivity contribution in [2.24, 2.45) is 0 Å². The van der Waals surface area contributed by atoms with Crippen LogP contribution in [0.5, 0.6) is 0 Å². The van der Waals surface area contributed by atoms with Gasteiger partial charge in [0.25, 0.3) is 0 Å². The van der Waals surface area contributed by atoms with E-state index in [0.29, 0.717) is 34.7 Å². The Morgan fingerprint density at radius 2 is 0.830 bits per heavy atom. The van der Waals surface area contributed by atoms with E-state index in [1.165, 1.54) is 44.4 Å². The maximum absolute atomic E-state index is 13.4. The first-order valence-corrected chi connectivity index (χ1v) is 24.9. The Balaban J connectivity index is 0.000000194. The molecule has 18 nitrogen and oxygen atoms in total. The van der Waals surface area contributed by atoms with E-state index < -0.39 is 34.3 Å². The number of fused-ring (bicyclic) bond motifs is 4. The molecule has 1 N–H and O–H groups in total. The second kappa shape index (κ2) is 34.3. The van der Waals surface area contributed by atoms with E-state index in [4.69, 9.17) is 5.11 Å². The van der Waals surface area contributed by atoms with Gasteiger partial charge in [0, 0.05) is 131 Å². The molecule has 450 valence electrons. The zero-order chi connectivity index (χ0) is 58.8. The van der Waals surface area contributed by atoms with Gasteiger partial charge < -0.3 is 50.0 Å². The second-order valence-electron chi connectivity index (χ2n) is 17.1. The number of aromatic nitrogens is 16. The third-order valence-corrected chi connectivity index (χ3v) is 11.0. The molecule has 0 saturated heterocycles. The second-order valence-corrected chi connectivity index (χ2v) is 17.1. The Labute approximate surface area is 549 Å². The summed E-state index contributed by atoms with van der Waals surface area (Å²) in [5.41, 5.74) is 6.90. The maximum atomic E-state index is 13.4. The summed E-state index contributed by atoms with van der Waals surface area (Å²) in [4.78, 5) is 75.7. The van der Waals surface area contributed by atoms with Crippen LogP contribution < -0.4 is 19.9 Å². The molecule has 0 bridgehead atoms. The molecule has 88 heavy (non-hydrogen) atoms. The van der Waals surface area contributed by atoms with Crippen LogP contribution in [-0.4, -0.2) is 70.7 Å². The van der Waals surface area contributed by atoms with E-state index in [1.54, 1.807) is 43.1 Å². The number of pyridine rings is 4. The summed E-state index contributed by atoms with van der Waals surface area (Å²) in [6, 6.07) is 47.5. The van der Waals surface area contributed by atoms with Gasteiger partial charge >= 0.3 is 19.5 Å². The first-order chi connectivity index (χ1) is 40.9. The van der Waals surface area contributed by atoms with Crippen molar-refractivity contribution in [2.75, 3.05) is 0 Å². The van der Waals surface area contributed by atoms with Crippen molar-refractivity contribution in [1.29, 1.82) is 0 Å². The minimum Gasteiger partial charge on any atom is -0.512 e. The van der Waals surface area contributed by atoms with Gasteiger partial charge in [0.1, 0.15) is 0 Å². The molecule has 14 rings (SSSR count). The van der Waals surface area contributed by atoms with Gasteiger partial charge in [-0.1, -0.05) is 97.1 Å². The van der Waals surface area contributed by atoms with Crippen LogP contribution in [0.2, 0.25) is 0 Å². The van der Waals surface area contributed by atoms with Crippen molar-refractivity contribution in [3.63, 3.8) is 0 Å². The van der Waals surface area contributed by atoms with Gasteiger partial charge in [0.2, 0.25) is 0 Å². The summed E-state index contributed by atoms with van der Waals surface area (Å²) < 4.78 is 65.5. The summed E-state index contributed by atoms with van der Waals surface area (Å²) in [6.07, 6.45) is 13.6. The molecule has 0 spiro atoms. The Morgan fingerprint density at radius 3 is 1.22 bits per heavy atom. The maximum Gasteiger partial charge on any atom is 2.00 e. The van der Waals surface area contributed by atoms with Crippen molar-refractivity contribution >= 4 is 49.9 Å². The van der Waals surface area contributed by atoms with Crippen LogP contribution in [0, 0.1) is 35.2 Å². The molecule has 4 radical (unpaired) electrons. The van der Waals surface area contributed by atoms with Crippen LogP contribution in [0.3, 0.4) is 0 Å². The number of aliphatic hydroxyl groups excluding tert-OH is 1. The van der Waals surface area contributed by atoms with Crippen molar-refractivity contribution in [1.82, 2.24) is 79.7 Å². The standard InChI is InChI=1S/2C12H8N3.C11H3F4N4.C11H7N4.C10H6FN2.C5H8O2.4Rh/c2*1-2-6-10-9(5-1)14-12(15-10)11-7-3-4-8-13-11;12-4-5(13)7(15)9-8(6(4)14)18-11(19-9)10-16-2-1-3-17-10;1-2-5-9-8(4-1)14-11(15-9)10-12-6-3-7-13-10;11-8-4-5-10(13-7-8)9-3-1-2-6-12-9;1-4(6)3-5(2)7;;;;/h2*1-8H;1-3H;1-7H;1-4,6-7H;3,6H,1-2H3;;;;/q5*-1;;;;;+2.